The van der Waals surface area contributed by atoms with Crippen molar-refractivity contribution in [1.29, 1.82) is 0 Å². The fourth-order valence-electron chi connectivity index (χ4n) is 4.85. The molecule has 1 rings (SSSR count). The van der Waals surface area contributed by atoms with E-state index in [9.17, 15) is 44.0 Å². The van der Waals surface area contributed by atoms with Gasteiger partial charge in [0, 0.05) is 19.3 Å². The highest BCUT2D eigenvalue weighted by atomic mass is 31.2. The molecule has 0 fully saturated rings. The van der Waals surface area contributed by atoms with Gasteiger partial charge in [0.05, 0.1) is 21.1 Å². The number of likely N-dealkylation sites (N-methyl/N-ethyl adjacent to an activating group) is 1. The second-order valence-electron chi connectivity index (χ2n) is 13.7. The van der Waals surface area contributed by atoms with E-state index < -0.39 is 74.9 Å². The van der Waals surface area contributed by atoms with Gasteiger partial charge in [-0.25, -0.2) is 4.79 Å². The minimum absolute atomic E-state index is 0.102. The van der Waals surface area contributed by atoms with E-state index in [0.29, 0.717) is 17.4 Å². The van der Waals surface area contributed by atoms with E-state index in [1.165, 1.54) is 51.4 Å². The largest absolute Gasteiger partial charge is 0.756 e. The molecule has 17 heteroatoms. The van der Waals surface area contributed by atoms with Gasteiger partial charge in [0.2, 0.25) is 12.0 Å². The predicted molar refractivity (Wildman–Crippen MR) is 182 cm³/mol. The summed E-state index contributed by atoms with van der Waals surface area (Å²) < 4.78 is 42.3. The molecule has 1 aliphatic heterocycles. The number of quaternary nitrogens is 1. The van der Waals surface area contributed by atoms with Crippen LogP contribution in [0.25, 0.3) is 0 Å². The fraction of sp³-hybridized carbons (Fsp3) is 0.824. The Kier molecular flexibility index (Phi) is 22.9. The first-order valence-electron chi connectivity index (χ1n) is 18.0. The highest BCUT2D eigenvalue weighted by molar-refractivity contribution is 7.45. The molecule has 1 aliphatic rings. The number of ether oxygens (including phenoxy) is 4. The zero-order chi connectivity index (χ0) is 38.3. The number of carbonyl (C=O) groups excluding carboxylic acids is 4. The van der Waals surface area contributed by atoms with Gasteiger partial charge < -0.3 is 48.2 Å². The molecule has 0 amide bonds. The van der Waals surface area contributed by atoms with Gasteiger partial charge >= 0.3 is 23.9 Å². The Labute approximate surface area is 301 Å². The predicted octanol–water partition coefficient (Wildman–Crippen LogP) is 4.42. The lowest BCUT2D eigenvalue weighted by atomic mass is 10.0. The molecule has 0 aromatic carbocycles. The molecule has 0 aromatic rings. The summed E-state index contributed by atoms with van der Waals surface area (Å²) in [5.74, 6) is -5.61. The molecule has 2 unspecified atom stereocenters. The molecule has 0 bridgehead atoms. The van der Waals surface area contributed by atoms with Crippen LogP contribution in [0, 0.1) is 0 Å². The molecule has 0 spiro atoms. The summed E-state index contributed by atoms with van der Waals surface area (Å²) in [6, 6.07) is 0. The van der Waals surface area contributed by atoms with E-state index >= 15 is 0 Å². The first-order chi connectivity index (χ1) is 24.0. The maximum atomic E-state index is 12.5. The van der Waals surface area contributed by atoms with Crippen molar-refractivity contribution in [1.82, 2.24) is 0 Å². The van der Waals surface area contributed by atoms with Gasteiger partial charge in [0.1, 0.15) is 25.9 Å². The van der Waals surface area contributed by atoms with Crippen molar-refractivity contribution in [2.75, 3.05) is 47.5 Å². The smallest absolute Gasteiger partial charge is 0.377 e. The lowest BCUT2D eigenvalue weighted by molar-refractivity contribution is -0.870. The van der Waals surface area contributed by atoms with Crippen LogP contribution >= 0.6 is 7.82 Å². The number of hydrogen-bond donors (Lipinski definition) is 3. The summed E-state index contributed by atoms with van der Waals surface area (Å²) >= 11 is 0. The second kappa shape index (κ2) is 25.3. The van der Waals surface area contributed by atoms with Crippen LogP contribution in [-0.4, -0.2) is 110 Å². The molecular formula is C34H60NO15P. The van der Waals surface area contributed by atoms with Crippen LogP contribution in [0.4, 0.5) is 0 Å². The highest BCUT2D eigenvalue weighted by Crippen LogP contribution is 2.40. The Balaban J connectivity index is 2.45. The Bertz CT molecular complexity index is 1140. The van der Waals surface area contributed by atoms with Crippen molar-refractivity contribution in [2.24, 2.45) is 0 Å². The molecule has 296 valence electrons. The molecule has 0 saturated heterocycles. The number of phosphoric ester groups is 1. The molecule has 0 aromatic heterocycles. The van der Waals surface area contributed by atoms with Gasteiger partial charge in [-0.3, -0.25) is 23.5 Å². The molecule has 1 heterocycles. The Hall–Kier alpha value is -2.75. The molecule has 4 atom stereocenters. The third-order valence-corrected chi connectivity index (χ3v) is 8.84. The average Bonchev–Trinajstić information content (AvgIpc) is 3.30. The fourth-order valence-corrected chi connectivity index (χ4v) is 5.61. The summed E-state index contributed by atoms with van der Waals surface area (Å²) in [7, 11) is 0.520. The van der Waals surface area contributed by atoms with Crippen LogP contribution < -0.4 is 4.89 Å². The van der Waals surface area contributed by atoms with Crippen LogP contribution in [0.5, 0.6) is 0 Å². The lowest BCUT2D eigenvalue weighted by Gasteiger charge is -2.29. The van der Waals surface area contributed by atoms with Crippen LogP contribution in [0.3, 0.4) is 0 Å². The molecule has 0 radical (unpaired) electrons. The number of aliphatic hydroxyl groups excluding tert-OH is 3. The van der Waals surface area contributed by atoms with Crippen LogP contribution in [-0.2, 0) is 51.7 Å². The van der Waals surface area contributed by atoms with E-state index in [1.54, 1.807) is 0 Å². The number of rotatable bonds is 30. The van der Waals surface area contributed by atoms with Crippen molar-refractivity contribution in [2.45, 2.75) is 135 Å². The number of unbranched alkanes of at least 4 members (excludes halogenated alkanes) is 12. The van der Waals surface area contributed by atoms with Crippen molar-refractivity contribution in [3.63, 3.8) is 0 Å². The maximum Gasteiger partial charge on any atom is 0.377 e. The first-order valence-corrected chi connectivity index (χ1v) is 19.5. The number of phosphoric acid groups is 1. The third-order valence-electron chi connectivity index (χ3n) is 7.85. The topological polar surface area (TPSA) is 224 Å². The van der Waals surface area contributed by atoms with Gasteiger partial charge in [-0.1, -0.05) is 84.0 Å². The zero-order valence-electron chi connectivity index (χ0n) is 30.7. The van der Waals surface area contributed by atoms with Gasteiger partial charge in [-0.05, 0) is 12.8 Å². The molecular weight excluding hydrogens is 693 g/mol. The first kappa shape index (κ1) is 46.3. The summed E-state index contributed by atoms with van der Waals surface area (Å²) in [4.78, 5) is 60.6. The van der Waals surface area contributed by atoms with Gasteiger partial charge in [-0.2, -0.15) is 0 Å². The van der Waals surface area contributed by atoms with Crippen molar-refractivity contribution in [3.05, 3.63) is 11.5 Å². The molecule has 3 N–H and O–H groups in total. The van der Waals surface area contributed by atoms with E-state index in [1.807, 2.05) is 21.1 Å². The summed E-state index contributed by atoms with van der Waals surface area (Å²) in [6.07, 6.45) is 9.12. The Morgan fingerprint density at radius 2 is 1.29 bits per heavy atom. The molecule has 0 saturated carbocycles. The average molecular weight is 754 g/mol. The standard InChI is InChI=1S/C34H60NO15P/c1-5-6-7-8-9-10-11-12-13-14-15-16-17-19-27(37)46-25-30(50-51(43,44)47-23-22-35(2,3)4)48-29(39)21-18-20-28(38)45-24-26(36)33-31(40)32(41)34(42)49-33/h26,30,33,36H,5-25H2,1-4H3,(H2-,40,41,42,43,44)/t26-,30?,33+/m0/s1. The number of carbonyl (C=O) groups is 4. The quantitative estimate of drug-likeness (QED) is 0.0231. The Morgan fingerprint density at radius 3 is 1.80 bits per heavy atom. The third kappa shape index (κ3) is 22.7. The molecule has 16 nitrogen and oxygen atoms in total. The van der Waals surface area contributed by atoms with Crippen molar-refractivity contribution < 1.29 is 76.4 Å². The number of hydrogen-bond acceptors (Lipinski definition) is 15. The summed E-state index contributed by atoms with van der Waals surface area (Å²) in [5.41, 5.74) is 0. The number of esters is 4. The van der Waals surface area contributed by atoms with Gasteiger partial charge in [-0.15, -0.1) is 0 Å². The minimum atomic E-state index is -4.98. The highest BCUT2D eigenvalue weighted by Gasteiger charge is 2.39. The second-order valence-corrected chi connectivity index (χ2v) is 15.0. The monoisotopic (exact) mass is 753 g/mol. The van der Waals surface area contributed by atoms with E-state index in [-0.39, 0.29) is 32.3 Å². The van der Waals surface area contributed by atoms with E-state index in [0.717, 1.165) is 25.7 Å². The number of cyclic esters (lactones) is 1. The van der Waals surface area contributed by atoms with Crippen LogP contribution in [0.2, 0.25) is 0 Å². The summed E-state index contributed by atoms with van der Waals surface area (Å²) in [6.45, 7) is 0.948. The zero-order valence-corrected chi connectivity index (χ0v) is 31.6. The van der Waals surface area contributed by atoms with Crippen molar-refractivity contribution >= 4 is 31.7 Å². The minimum Gasteiger partial charge on any atom is -0.756 e. The Morgan fingerprint density at radius 1 is 0.804 bits per heavy atom. The SMILES string of the molecule is CCCCCCCCCCCCCCCC(=O)OCC(OC(=O)CCCC(=O)OC[C@H](O)[C@H]1OC(=O)C(O)=C1O)OP(=O)([O-])OCC[N+](C)(C)C. The maximum absolute atomic E-state index is 12.5. The molecule has 51 heavy (non-hydrogen) atoms. The number of nitrogens with zero attached hydrogens (tertiary/aromatic N) is 1. The molecule has 0 aliphatic carbocycles. The summed E-state index contributed by atoms with van der Waals surface area (Å²) in [5, 5.41) is 28.9. The lowest BCUT2D eigenvalue weighted by Crippen LogP contribution is -2.38. The van der Waals surface area contributed by atoms with Gasteiger partial charge in [0.25, 0.3) is 7.82 Å². The normalized spacial score (nSPS) is 17.1. The van der Waals surface area contributed by atoms with Crippen LogP contribution in [0.1, 0.15) is 116 Å². The number of aliphatic hydroxyl groups is 3. The van der Waals surface area contributed by atoms with Crippen molar-refractivity contribution in [3.8, 4) is 0 Å². The van der Waals surface area contributed by atoms with E-state index in [4.69, 9.17) is 23.3 Å². The van der Waals surface area contributed by atoms with Crippen LogP contribution in [0.15, 0.2) is 11.5 Å². The van der Waals surface area contributed by atoms with E-state index in [2.05, 4.69) is 11.7 Å². The van der Waals surface area contributed by atoms with Gasteiger partial charge in [0.15, 0.2) is 18.5 Å².